The molecule has 0 aromatic carbocycles. The van der Waals surface area contributed by atoms with E-state index in [1.807, 2.05) is 0 Å². The number of unbranched alkanes of at least 4 members (excludes halogenated alkanes) is 1. The molecule has 2 nitrogen and oxygen atoms in total. The predicted molar refractivity (Wildman–Crippen MR) is 48.8 cm³/mol. The van der Waals surface area contributed by atoms with E-state index in [-0.39, 0.29) is 0 Å². The van der Waals surface area contributed by atoms with Gasteiger partial charge in [0.1, 0.15) is 0 Å². The Morgan fingerprint density at radius 1 is 1.70 bits per heavy atom. The van der Waals surface area contributed by atoms with E-state index in [1.54, 1.807) is 6.20 Å². The number of hydrogen-bond donors (Lipinski definition) is 2. The molecule has 0 heterocycles. The second-order valence-electron chi connectivity index (χ2n) is 1.96. The van der Waals surface area contributed by atoms with Gasteiger partial charge in [0.25, 0.3) is 0 Å². The molecule has 0 aliphatic carbocycles. The smallest absolute Gasteiger partial charge is 0.170 e. The van der Waals surface area contributed by atoms with Crippen LogP contribution in [0, 0.1) is 0 Å². The minimum atomic E-state index is 0.656. The minimum Gasteiger partial charge on any atom is -0.362 e. The van der Waals surface area contributed by atoms with Gasteiger partial charge in [-0.05, 0) is 24.8 Å². The average Bonchev–Trinajstić information content (AvgIpc) is 1.89. The van der Waals surface area contributed by atoms with Crippen molar-refractivity contribution in [3.63, 3.8) is 0 Å². The lowest BCUT2D eigenvalue weighted by atomic mass is 10.3. The summed E-state index contributed by atoms with van der Waals surface area (Å²) in [6.45, 7) is 6.58. The van der Waals surface area contributed by atoms with Crippen LogP contribution in [-0.4, -0.2) is 11.7 Å². The summed E-state index contributed by atoms with van der Waals surface area (Å²) in [4.78, 5) is 0. The Bertz CT molecular complexity index is 112. The molecule has 0 saturated heterocycles. The van der Waals surface area contributed by atoms with E-state index in [1.165, 1.54) is 6.42 Å². The van der Waals surface area contributed by atoms with Gasteiger partial charge < -0.3 is 10.6 Å². The third-order valence-corrected chi connectivity index (χ3v) is 1.31. The van der Waals surface area contributed by atoms with Gasteiger partial charge in [-0.1, -0.05) is 19.9 Å². The van der Waals surface area contributed by atoms with E-state index in [2.05, 4.69) is 24.1 Å². The quantitative estimate of drug-likeness (QED) is 0.477. The highest BCUT2D eigenvalue weighted by atomic mass is 32.1. The SMILES string of the molecule is C=CNC(=S)NCCCC. The summed E-state index contributed by atoms with van der Waals surface area (Å²) in [6, 6.07) is 0. The van der Waals surface area contributed by atoms with Crippen LogP contribution in [0.4, 0.5) is 0 Å². The average molecular weight is 158 g/mol. The third kappa shape index (κ3) is 5.56. The van der Waals surface area contributed by atoms with Crippen molar-refractivity contribution in [3.05, 3.63) is 12.8 Å². The van der Waals surface area contributed by atoms with Crippen molar-refractivity contribution in [2.75, 3.05) is 6.54 Å². The Balaban J connectivity index is 3.13. The van der Waals surface area contributed by atoms with Gasteiger partial charge in [0.15, 0.2) is 5.11 Å². The molecule has 0 atom stereocenters. The molecule has 0 bridgehead atoms. The van der Waals surface area contributed by atoms with Crippen molar-refractivity contribution in [2.45, 2.75) is 19.8 Å². The number of hydrogen-bond acceptors (Lipinski definition) is 1. The highest BCUT2D eigenvalue weighted by Crippen LogP contribution is 1.81. The van der Waals surface area contributed by atoms with Crippen LogP contribution < -0.4 is 10.6 Å². The van der Waals surface area contributed by atoms with Gasteiger partial charge >= 0.3 is 0 Å². The van der Waals surface area contributed by atoms with E-state index in [9.17, 15) is 0 Å². The van der Waals surface area contributed by atoms with E-state index < -0.39 is 0 Å². The lowest BCUT2D eigenvalue weighted by Gasteiger charge is -2.04. The van der Waals surface area contributed by atoms with E-state index in [4.69, 9.17) is 12.2 Å². The molecule has 0 aromatic heterocycles. The summed E-state index contributed by atoms with van der Waals surface area (Å²) in [5.41, 5.74) is 0. The molecule has 3 heteroatoms. The van der Waals surface area contributed by atoms with Gasteiger partial charge in [-0.2, -0.15) is 0 Å². The first kappa shape index (κ1) is 9.43. The maximum atomic E-state index is 4.87. The van der Waals surface area contributed by atoms with Crippen molar-refractivity contribution in [1.82, 2.24) is 10.6 Å². The molecule has 0 rings (SSSR count). The summed E-state index contributed by atoms with van der Waals surface area (Å²) in [5, 5.41) is 6.48. The monoisotopic (exact) mass is 158 g/mol. The molecule has 0 aliphatic heterocycles. The van der Waals surface area contributed by atoms with E-state index >= 15 is 0 Å². The van der Waals surface area contributed by atoms with Crippen LogP contribution in [0.1, 0.15) is 19.8 Å². The highest BCUT2D eigenvalue weighted by molar-refractivity contribution is 7.80. The molecule has 0 amide bonds. The lowest BCUT2D eigenvalue weighted by molar-refractivity contribution is 0.751. The fraction of sp³-hybridized carbons (Fsp3) is 0.571. The van der Waals surface area contributed by atoms with Crippen LogP contribution >= 0.6 is 12.2 Å². The van der Waals surface area contributed by atoms with Gasteiger partial charge in [-0.15, -0.1) is 0 Å². The van der Waals surface area contributed by atoms with Gasteiger partial charge in [-0.25, -0.2) is 0 Å². The molecule has 10 heavy (non-hydrogen) atoms. The van der Waals surface area contributed by atoms with Crippen molar-refractivity contribution < 1.29 is 0 Å². The molecule has 0 unspecified atom stereocenters. The molecule has 0 saturated carbocycles. The number of thiocarbonyl (C=S) groups is 1. The number of rotatable bonds is 4. The van der Waals surface area contributed by atoms with Crippen molar-refractivity contribution in [1.29, 1.82) is 0 Å². The Kier molecular flexibility index (Phi) is 6.18. The highest BCUT2D eigenvalue weighted by Gasteiger charge is 1.87. The maximum Gasteiger partial charge on any atom is 0.170 e. The summed E-state index contributed by atoms with van der Waals surface area (Å²) in [5.74, 6) is 0. The Labute approximate surface area is 67.7 Å². The molecule has 0 radical (unpaired) electrons. The molecular weight excluding hydrogens is 144 g/mol. The Morgan fingerprint density at radius 3 is 2.90 bits per heavy atom. The lowest BCUT2D eigenvalue weighted by Crippen LogP contribution is -2.32. The van der Waals surface area contributed by atoms with E-state index in [0.717, 1.165) is 13.0 Å². The summed E-state index contributed by atoms with van der Waals surface area (Å²) >= 11 is 4.87. The topological polar surface area (TPSA) is 24.1 Å². The standard InChI is InChI=1S/C7H14N2S/c1-3-5-6-9-7(10)8-4-2/h4H,2-3,5-6H2,1H3,(H2,8,9,10). The van der Waals surface area contributed by atoms with Gasteiger partial charge in [-0.3, -0.25) is 0 Å². The minimum absolute atomic E-state index is 0.656. The first-order chi connectivity index (χ1) is 4.81. The van der Waals surface area contributed by atoms with Crippen LogP contribution in [0.5, 0.6) is 0 Å². The van der Waals surface area contributed by atoms with Gasteiger partial charge in [0.2, 0.25) is 0 Å². The van der Waals surface area contributed by atoms with Crippen LogP contribution in [0.2, 0.25) is 0 Å². The molecule has 2 N–H and O–H groups in total. The van der Waals surface area contributed by atoms with E-state index in [0.29, 0.717) is 5.11 Å². The van der Waals surface area contributed by atoms with Crippen LogP contribution in [0.25, 0.3) is 0 Å². The summed E-state index contributed by atoms with van der Waals surface area (Å²) in [7, 11) is 0. The summed E-state index contributed by atoms with van der Waals surface area (Å²) in [6.07, 6.45) is 3.91. The number of nitrogens with one attached hydrogen (secondary N) is 2. The normalized spacial score (nSPS) is 8.50. The molecule has 0 spiro atoms. The zero-order valence-electron chi connectivity index (χ0n) is 6.31. The second-order valence-corrected chi connectivity index (χ2v) is 2.37. The first-order valence-electron chi connectivity index (χ1n) is 3.46. The fourth-order valence-electron chi connectivity index (χ4n) is 0.522. The van der Waals surface area contributed by atoms with Gasteiger partial charge in [0.05, 0.1) is 0 Å². The summed E-state index contributed by atoms with van der Waals surface area (Å²) < 4.78 is 0. The Hall–Kier alpha value is -0.570. The molecule has 0 aliphatic rings. The van der Waals surface area contributed by atoms with Crippen molar-refractivity contribution in [2.24, 2.45) is 0 Å². The van der Waals surface area contributed by atoms with Crippen LogP contribution in [0.15, 0.2) is 12.8 Å². The zero-order chi connectivity index (χ0) is 7.82. The van der Waals surface area contributed by atoms with Crippen molar-refractivity contribution in [3.8, 4) is 0 Å². The van der Waals surface area contributed by atoms with Crippen LogP contribution in [-0.2, 0) is 0 Å². The maximum absolute atomic E-state index is 4.87. The Morgan fingerprint density at radius 2 is 2.40 bits per heavy atom. The predicted octanol–water partition coefficient (Wildman–Crippen LogP) is 1.39. The zero-order valence-corrected chi connectivity index (χ0v) is 7.13. The molecular formula is C7H14N2S. The molecule has 58 valence electrons. The largest absolute Gasteiger partial charge is 0.362 e. The van der Waals surface area contributed by atoms with Gasteiger partial charge in [0, 0.05) is 6.54 Å². The third-order valence-electron chi connectivity index (χ3n) is 1.05. The molecule has 0 fully saturated rings. The fourth-order valence-corrected chi connectivity index (χ4v) is 0.708. The van der Waals surface area contributed by atoms with Crippen molar-refractivity contribution >= 4 is 17.3 Å². The second kappa shape index (κ2) is 6.55. The van der Waals surface area contributed by atoms with Crippen LogP contribution in [0.3, 0.4) is 0 Å². The first-order valence-corrected chi connectivity index (χ1v) is 3.87. The molecule has 0 aromatic rings.